The summed E-state index contributed by atoms with van der Waals surface area (Å²) in [4.78, 5) is 13.8. The first kappa shape index (κ1) is 21.1. The van der Waals surface area contributed by atoms with Gasteiger partial charge in [0.2, 0.25) is 11.4 Å². The fourth-order valence-electron chi connectivity index (χ4n) is 4.06. The lowest BCUT2D eigenvalue weighted by atomic mass is 9.75. The molecule has 4 rings (SSSR count). The third-order valence-corrected chi connectivity index (χ3v) is 6.02. The van der Waals surface area contributed by atoms with E-state index in [-0.39, 0.29) is 34.5 Å². The highest BCUT2D eigenvalue weighted by atomic mass is 35.5. The van der Waals surface area contributed by atoms with Crippen molar-refractivity contribution in [3.05, 3.63) is 64.4 Å². The lowest BCUT2D eigenvalue weighted by Crippen LogP contribution is -2.51. The molecule has 1 N–H and O–H groups in total. The normalized spacial score (nSPS) is 23.4. The molecular weight excluding hydrogens is 422 g/mol. The molecule has 1 aliphatic heterocycles. The fraction of sp³-hybridized carbons (Fsp3) is 0.304. The van der Waals surface area contributed by atoms with Crippen molar-refractivity contribution < 1.29 is 28.9 Å². The molecule has 0 radical (unpaired) electrons. The largest absolute Gasteiger partial charge is 0.496 e. The molecule has 2 unspecified atom stereocenters. The maximum absolute atomic E-state index is 13.8. The number of hydrogen-bond donors (Lipinski definition) is 1. The van der Waals surface area contributed by atoms with Gasteiger partial charge in [0.1, 0.15) is 28.7 Å². The number of carbonyl (C=O) groups excluding carboxylic acids is 1. The number of oxime groups is 1. The molecule has 2 atom stereocenters. The number of ketones is 1. The zero-order valence-corrected chi connectivity index (χ0v) is 18.1. The van der Waals surface area contributed by atoms with Crippen molar-refractivity contribution in [2.75, 3.05) is 14.2 Å². The summed E-state index contributed by atoms with van der Waals surface area (Å²) in [6, 6.07) is 11.1. The van der Waals surface area contributed by atoms with Crippen LogP contribution in [0.15, 0.2) is 53.4 Å². The molecule has 0 bridgehead atoms. The van der Waals surface area contributed by atoms with Crippen LogP contribution in [0.25, 0.3) is 0 Å². The Balaban J connectivity index is 1.82. The lowest BCUT2D eigenvalue weighted by molar-refractivity contribution is 0.00866. The van der Waals surface area contributed by atoms with Gasteiger partial charge >= 0.3 is 0 Å². The molecule has 31 heavy (non-hydrogen) atoms. The van der Waals surface area contributed by atoms with Crippen molar-refractivity contribution in [1.82, 2.24) is 0 Å². The molecule has 162 valence electrons. The summed E-state index contributed by atoms with van der Waals surface area (Å²) in [6.45, 7) is 2.05. The SMILES string of the molecule is COc1cc(OC)c2c(c1Cl)OC1(C2=O)C(OCc2ccccc2)=C/C(=N/O)CC1C. The van der Waals surface area contributed by atoms with Crippen molar-refractivity contribution in [2.45, 2.75) is 25.6 Å². The van der Waals surface area contributed by atoms with Crippen LogP contribution >= 0.6 is 11.6 Å². The van der Waals surface area contributed by atoms with E-state index in [1.54, 1.807) is 12.1 Å². The van der Waals surface area contributed by atoms with Gasteiger partial charge in [0.25, 0.3) is 0 Å². The molecule has 0 saturated carbocycles. The van der Waals surface area contributed by atoms with E-state index in [0.717, 1.165) is 5.56 Å². The van der Waals surface area contributed by atoms with Crippen LogP contribution in [-0.2, 0) is 11.3 Å². The van der Waals surface area contributed by atoms with Gasteiger partial charge in [-0.2, -0.15) is 0 Å². The molecule has 2 aromatic carbocycles. The smallest absolute Gasteiger partial charge is 0.231 e. The molecule has 7 nitrogen and oxygen atoms in total. The Morgan fingerprint density at radius 2 is 1.94 bits per heavy atom. The van der Waals surface area contributed by atoms with Crippen molar-refractivity contribution in [3.63, 3.8) is 0 Å². The minimum atomic E-state index is -1.46. The molecule has 2 aliphatic rings. The Hall–Kier alpha value is -3.19. The first-order valence-corrected chi connectivity index (χ1v) is 10.1. The Morgan fingerprint density at radius 3 is 2.58 bits per heavy atom. The maximum atomic E-state index is 13.8. The molecule has 0 aromatic heterocycles. The summed E-state index contributed by atoms with van der Waals surface area (Å²) in [6.07, 6.45) is 1.86. The van der Waals surface area contributed by atoms with E-state index in [4.69, 9.17) is 30.5 Å². The van der Waals surface area contributed by atoms with Crippen LogP contribution in [0.1, 0.15) is 29.3 Å². The van der Waals surface area contributed by atoms with Gasteiger partial charge in [0.15, 0.2) is 11.5 Å². The zero-order chi connectivity index (χ0) is 22.2. The number of halogens is 1. The van der Waals surface area contributed by atoms with E-state index in [1.165, 1.54) is 14.2 Å². The van der Waals surface area contributed by atoms with Crippen LogP contribution in [0.5, 0.6) is 17.2 Å². The highest BCUT2D eigenvalue weighted by Crippen LogP contribution is 2.54. The third kappa shape index (κ3) is 3.29. The van der Waals surface area contributed by atoms with Gasteiger partial charge in [-0.15, -0.1) is 0 Å². The van der Waals surface area contributed by atoms with Crippen molar-refractivity contribution >= 4 is 23.1 Å². The first-order valence-electron chi connectivity index (χ1n) is 9.74. The zero-order valence-electron chi connectivity index (χ0n) is 17.3. The first-order chi connectivity index (χ1) is 15.0. The van der Waals surface area contributed by atoms with Crippen LogP contribution in [0.2, 0.25) is 5.02 Å². The van der Waals surface area contributed by atoms with E-state index in [2.05, 4.69) is 5.16 Å². The Bertz CT molecular complexity index is 1080. The quantitative estimate of drug-likeness (QED) is 0.535. The fourth-order valence-corrected chi connectivity index (χ4v) is 4.32. The standard InChI is InChI=1S/C23H22ClNO6/c1-13-9-15(25-27)10-18(30-12-14-7-5-4-6-8-14)23(13)22(26)19-16(28-2)11-17(29-3)20(24)21(19)31-23/h4-8,10-11,13,27H,9,12H2,1-3H3/b25-15+. The van der Waals surface area contributed by atoms with Crippen molar-refractivity contribution in [3.8, 4) is 17.2 Å². The number of nitrogens with zero attached hydrogens (tertiary/aromatic N) is 1. The highest BCUT2D eigenvalue weighted by Gasteiger charge is 2.59. The van der Waals surface area contributed by atoms with Crippen LogP contribution in [-0.4, -0.2) is 36.5 Å². The number of allylic oxidation sites excluding steroid dienone is 1. The lowest BCUT2D eigenvalue weighted by Gasteiger charge is -2.37. The number of hydrogen-bond acceptors (Lipinski definition) is 7. The van der Waals surface area contributed by atoms with Crippen LogP contribution < -0.4 is 14.2 Å². The van der Waals surface area contributed by atoms with E-state index in [9.17, 15) is 10.0 Å². The van der Waals surface area contributed by atoms with Crippen LogP contribution in [0.4, 0.5) is 0 Å². The van der Waals surface area contributed by atoms with E-state index < -0.39 is 11.5 Å². The molecular formula is C23H22ClNO6. The summed E-state index contributed by atoms with van der Waals surface area (Å²) in [7, 11) is 2.94. The second kappa shape index (κ2) is 8.15. The number of methoxy groups -OCH3 is 2. The van der Waals surface area contributed by atoms with E-state index >= 15 is 0 Å². The molecule has 0 amide bonds. The number of ether oxygens (including phenoxy) is 4. The summed E-state index contributed by atoms with van der Waals surface area (Å²) in [5, 5.41) is 12.9. The molecule has 8 heteroatoms. The van der Waals surface area contributed by atoms with Gasteiger partial charge in [-0.05, 0) is 5.56 Å². The monoisotopic (exact) mass is 443 g/mol. The average Bonchev–Trinajstić information content (AvgIpc) is 3.10. The number of rotatable bonds is 5. The predicted octanol–water partition coefficient (Wildman–Crippen LogP) is 4.64. The number of Topliss-reactive ketones (excluding diaryl/α,β-unsaturated/α-hetero) is 1. The molecule has 2 aromatic rings. The van der Waals surface area contributed by atoms with Gasteiger partial charge in [-0.1, -0.05) is 54.0 Å². The van der Waals surface area contributed by atoms with Gasteiger partial charge < -0.3 is 24.2 Å². The van der Waals surface area contributed by atoms with Crippen molar-refractivity contribution in [2.24, 2.45) is 11.1 Å². The average molecular weight is 444 g/mol. The van der Waals surface area contributed by atoms with Gasteiger partial charge in [-0.3, -0.25) is 4.79 Å². The Morgan fingerprint density at radius 1 is 1.23 bits per heavy atom. The Kier molecular flexibility index (Phi) is 5.54. The van der Waals surface area contributed by atoms with E-state index in [0.29, 0.717) is 23.6 Å². The summed E-state index contributed by atoms with van der Waals surface area (Å²) < 4.78 is 23.1. The highest BCUT2D eigenvalue weighted by molar-refractivity contribution is 6.35. The number of fused-ring (bicyclic) bond motifs is 1. The molecule has 0 fully saturated rings. The molecule has 0 saturated heterocycles. The maximum Gasteiger partial charge on any atom is 0.231 e. The Labute approximate surface area is 184 Å². The van der Waals surface area contributed by atoms with Crippen LogP contribution in [0, 0.1) is 5.92 Å². The third-order valence-electron chi connectivity index (χ3n) is 5.66. The van der Waals surface area contributed by atoms with Gasteiger partial charge in [-0.25, -0.2) is 0 Å². The van der Waals surface area contributed by atoms with Gasteiger partial charge in [0.05, 0.1) is 19.9 Å². The van der Waals surface area contributed by atoms with Gasteiger partial charge in [0, 0.05) is 24.5 Å². The second-order valence-corrected chi connectivity index (χ2v) is 7.82. The summed E-state index contributed by atoms with van der Waals surface area (Å²) in [5.74, 6) is 0.344. The minimum Gasteiger partial charge on any atom is -0.496 e. The van der Waals surface area contributed by atoms with Crippen LogP contribution in [0.3, 0.4) is 0 Å². The molecule has 1 aliphatic carbocycles. The molecule has 1 heterocycles. The minimum absolute atomic E-state index is 0.180. The van der Waals surface area contributed by atoms with E-state index in [1.807, 2.05) is 37.3 Å². The summed E-state index contributed by atoms with van der Waals surface area (Å²) in [5.41, 5.74) is 0.0802. The number of benzene rings is 2. The topological polar surface area (TPSA) is 86.6 Å². The molecule has 1 spiro atoms. The summed E-state index contributed by atoms with van der Waals surface area (Å²) >= 11 is 6.49. The second-order valence-electron chi connectivity index (χ2n) is 7.45. The number of carbonyl (C=O) groups is 1. The van der Waals surface area contributed by atoms with Crippen molar-refractivity contribution in [1.29, 1.82) is 0 Å². The predicted molar refractivity (Wildman–Crippen MR) is 115 cm³/mol.